The second kappa shape index (κ2) is 9.18. The van der Waals surface area contributed by atoms with Gasteiger partial charge in [0.2, 0.25) is 5.75 Å². The van der Waals surface area contributed by atoms with Crippen LogP contribution < -0.4 is 9.47 Å². The van der Waals surface area contributed by atoms with Crippen LogP contribution in [-0.4, -0.2) is 31.4 Å². The molecule has 0 radical (unpaired) electrons. The number of phenols is 1. The molecule has 0 bridgehead atoms. The number of carbonyl (C=O) groups is 1. The summed E-state index contributed by atoms with van der Waals surface area (Å²) in [6.07, 6.45) is 4.87. The molecule has 0 saturated heterocycles. The lowest BCUT2D eigenvalue weighted by atomic mass is 10.1. The predicted octanol–water partition coefficient (Wildman–Crippen LogP) is 3.93. The van der Waals surface area contributed by atoms with Crippen molar-refractivity contribution >= 4 is 5.97 Å². The lowest BCUT2D eigenvalue weighted by Crippen LogP contribution is -2.17. The van der Waals surface area contributed by atoms with Crippen molar-refractivity contribution in [2.45, 2.75) is 52.1 Å². The van der Waals surface area contributed by atoms with E-state index < -0.39 is 5.97 Å². The van der Waals surface area contributed by atoms with Gasteiger partial charge in [-0.15, -0.1) is 0 Å². The molecule has 0 saturated carbocycles. The smallest absolute Gasteiger partial charge is 0.338 e. The standard InChI is InChI=1S/C17H26O5/c1-5-7-8-9-13(6-2)22-17(19)12-10-14(20-3)16(18)15(11-12)21-4/h10-11,13,18H,5-9H2,1-4H3. The Bertz CT molecular complexity index is 459. The molecule has 0 amide bonds. The van der Waals surface area contributed by atoms with Crippen LogP contribution in [0.5, 0.6) is 17.2 Å². The van der Waals surface area contributed by atoms with E-state index >= 15 is 0 Å². The molecule has 1 unspecified atom stereocenters. The van der Waals surface area contributed by atoms with Gasteiger partial charge in [0.15, 0.2) is 11.5 Å². The molecule has 1 rings (SSSR count). The molecule has 0 heterocycles. The Hall–Kier alpha value is -1.91. The summed E-state index contributed by atoms with van der Waals surface area (Å²) in [5.74, 6) is -0.188. The summed E-state index contributed by atoms with van der Waals surface area (Å²) < 4.78 is 15.6. The van der Waals surface area contributed by atoms with Crippen molar-refractivity contribution in [1.82, 2.24) is 0 Å². The van der Waals surface area contributed by atoms with Crippen molar-refractivity contribution in [3.63, 3.8) is 0 Å². The van der Waals surface area contributed by atoms with Gasteiger partial charge in [-0.1, -0.05) is 26.7 Å². The summed E-state index contributed by atoms with van der Waals surface area (Å²) in [5, 5.41) is 9.86. The molecule has 1 aromatic rings. The topological polar surface area (TPSA) is 65.0 Å². The van der Waals surface area contributed by atoms with Crippen LogP contribution in [0.1, 0.15) is 56.3 Å². The molecule has 124 valence electrons. The number of unbranched alkanes of at least 4 members (excludes halogenated alkanes) is 2. The summed E-state index contributed by atoms with van der Waals surface area (Å²) in [6, 6.07) is 2.91. The van der Waals surface area contributed by atoms with E-state index in [9.17, 15) is 9.90 Å². The minimum Gasteiger partial charge on any atom is -0.502 e. The highest BCUT2D eigenvalue weighted by atomic mass is 16.5. The van der Waals surface area contributed by atoms with Crippen LogP contribution in [0.15, 0.2) is 12.1 Å². The largest absolute Gasteiger partial charge is 0.502 e. The highest BCUT2D eigenvalue weighted by Gasteiger charge is 2.19. The fourth-order valence-electron chi connectivity index (χ4n) is 2.20. The molecule has 22 heavy (non-hydrogen) atoms. The Kier molecular flexibility index (Phi) is 7.57. The number of methoxy groups -OCH3 is 2. The average Bonchev–Trinajstić information content (AvgIpc) is 2.54. The van der Waals surface area contributed by atoms with Crippen molar-refractivity contribution in [2.24, 2.45) is 0 Å². The van der Waals surface area contributed by atoms with Crippen molar-refractivity contribution in [3.8, 4) is 17.2 Å². The molecule has 0 aromatic heterocycles. The molecule has 0 aliphatic heterocycles. The quantitative estimate of drug-likeness (QED) is 0.553. The average molecular weight is 310 g/mol. The second-order valence-corrected chi connectivity index (χ2v) is 5.16. The highest BCUT2D eigenvalue weighted by Crippen LogP contribution is 2.37. The van der Waals surface area contributed by atoms with Crippen LogP contribution >= 0.6 is 0 Å². The first-order valence-electron chi connectivity index (χ1n) is 7.73. The van der Waals surface area contributed by atoms with Crippen LogP contribution in [-0.2, 0) is 4.74 Å². The van der Waals surface area contributed by atoms with E-state index in [1.165, 1.54) is 26.4 Å². The van der Waals surface area contributed by atoms with Crippen LogP contribution in [0.3, 0.4) is 0 Å². The van der Waals surface area contributed by atoms with Crippen molar-refractivity contribution in [3.05, 3.63) is 17.7 Å². The van der Waals surface area contributed by atoms with E-state index in [-0.39, 0.29) is 23.4 Å². The first-order valence-corrected chi connectivity index (χ1v) is 7.73. The predicted molar refractivity (Wildman–Crippen MR) is 84.8 cm³/mol. The summed E-state index contributed by atoms with van der Waals surface area (Å²) >= 11 is 0. The number of hydrogen-bond acceptors (Lipinski definition) is 5. The summed E-state index contributed by atoms with van der Waals surface area (Å²) in [4.78, 5) is 12.3. The maximum absolute atomic E-state index is 12.3. The van der Waals surface area contributed by atoms with E-state index in [1.54, 1.807) is 0 Å². The number of benzene rings is 1. The molecule has 0 fully saturated rings. The first-order chi connectivity index (χ1) is 10.6. The van der Waals surface area contributed by atoms with Crippen LogP contribution in [0, 0.1) is 0 Å². The minimum absolute atomic E-state index is 0.0927. The molecular formula is C17H26O5. The minimum atomic E-state index is -0.431. The summed E-state index contributed by atoms with van der Waals surface area (Å²) in [7, 11) is 2.84. The van der Waals surface area contributed by atoms with Gasteiger partial charge in [0.25, 0.3) is 0 Å². The third-order valence-corrected chi connectivity index (χ3v) is 3.57. The van der Waals surface area contributed by atoms with Crippen LogP contribution in [0.4, 0.5) is 0 Å². The Morgan fingerprint density at radius 1 is 1.14 bits per heavy atom. The Balaban J connectivity index is 2.83. The third-order valence-electron chi connectivity index (χ3n) is 3.57. The van der Waals surface area contributed by atoms with E-state index in [0.717, 1.165) is 32.1 Å². The molecule has 0 aliphatic carbocycles. The zero-order valence-corrected chi connectivity index (χ0v) is 13.8. The fraction of sp³-hybridized carbons (Fsp3) is 0.588. The highest BCUT2D eigenvalue weighted by molar-refractivity contribution is 5.91. The van der Waals surface area contributed by atoms with Gasteiger partial charge in [0.05, 0.1) is 19.8 Å². The number of phenolic OH excluding ortho intramolecular Hbond substituents is 1. The monoisotopic (exact) mass is 310 g/mol. The molecule has 1 N–H and O–H groups in total. The molecule has 1 aromatic carbocycles. The molecule has 5 nitrogen and oxygen atoms in total. The lowest BCUT2D eigenvalue weighted by molar-refractivity contribution is 0.0266. The Morgan fingerprint density at radius 3 is 2.18 bits per heavy atom. The van der Waals surface area contributed by atoms with Crippen LogP contribution in [0.25, 0.3) is 0 Å². The third kappa shape index (κ3) is 4.83. The normalized spacial score (nSPS) is 11.8. The van der Waals surface area contributed by atoms with Crippen molar-refractivity contribution < 1.29 is 24.1 Å². The van der Waals surface area contributed by atoms with Gasteiger partial charge in [-0.05, 0) is 31.4 Å². The van der Waals surface area contributed by atoms with E-state index in [2.05, 4.69) is 6.92 Å². The van der Waals surface area contributed by atoms with E-state index in [0.29, 0.717) is 5.56 Å². The van der Waals surface area contributed by atoms with Gasteiger partial charge >= 0.3 is 5.97 Å². The molecule has 1 atom stereocenters. The number of ether oxygens (including phenoxy) is 3. The zero-order valence-electron chi connectivity index (χ0n) is 13.8. The molecular weight excluding hydrogens is 284 g/mol. The van der Waals surface area contributed by atoms with Crippen molar-refractivity contribution in [2.75, 3.05) is 14.2 Å². The Morgan fingerprint density at radius 2 is 1.73 bits per heavy atom. The maximum Gasteiger partial charge on any atom is 0.338 e. The fourth-order valence-corrected chi connectivity index (χ4v) is 2.20. The van der Waals surface area contributed by atoms with Gasteiger partial charge in [0, 0.05) is 0 Å². The number of hydrogen-bond donors (Lipinski definition) is 1. The lowest BCUT2D eigenvalue weighted by Gasteiger charge is -2.17. The van der Waals surface area contributed by atoms with E-state index in [1.807, 2.05) is 6.92 Å². The Labute approximate surface area is 132 Å². The maximum atomic E-state index is 12.3. The zero-order chi connectivity index (χ0) is 16.5. The van der Waals surface area contributed by atoms with Gasteiger partial charge < -0.3 is 19.3 Å². The van der Waals surface area contributed by atoms with E-state index in [4.69, 9.17) is 14.2 Å². The molecule has 0 spiro atoms. The number of carbonyl (C=O) groups excluding carboxylic acids is 1. The SMILES string of the molecule is CCCCCC(CC)OC(=O)c1cc(OC)c(O)c(OC)c1. The summed E-state index contributed by atoms with van der Waals surface area (Å²) in [6.45, 7) is 4.14. The van der Waals surface area contributed by atoms with Gasteiger partial charge in [0.1, 0.15) is 6.10 Å². The summed E-state index contributed by atoms with van der Waals surface area (Å²) in [5.41, 5.74) is 0.306. The molecule has 5 heteroatoms. The van der Waals surface area contributed by atoms with Gasteiger partial charge in [-0.25, -0.2) is 4.79 Å². The van der Waals surface area contributed by atoms with Crippen LogP contribution in [0.2, 0.25) is 0 Å². The number of esters is 1. The number of rotatable bonds is 9. The van der Waals surface area contributed by atoms with Gasteiger partial charge in [-0.3, -0.25) is 0 Å². The second-order valence-electron chi connectivity index (χ2n) is 5.16. The number of aromatic hydroxyl groups is 1. The first kappa shape index (κ1) is 18.1. The van der Waals surface area contributed by atoms with Crippen molar-refractivity contribution in [1.29, 1.82) is 0 Å². The molecule has 0 aliphatic rings. The van der Waals surface area contributed by atoms with Gasteiger partial charge in [-0.2, -0.15) is 0 Å².